The van der Waals surface area contributed by atoms with E-state index in [1.54, 1.807) is 36.4 Å². The molecule has 2 aromatic carbocycles. The van der Waals surface area contributed by atoms with Gasteiger partial charge in [-0.2, -0.15) is 0 Å². The fourth-order valence-corrected chi connectivity index (χ4v) is 4.92. The van der Waals surface area contributed by atoms with Gasteiger partial charge >= 0.3 is 0 Å². The topological polar surface area (TPSA) is 113 Å². The van der Waals surface area contributed by atoms with E-state index in [9.17, 15) is 23.6 Å². The minimum atomic E-state index is -0.611. The summed E-state index contributed by atoms with van der Waals surface area (Å²) in [5, 5.41) is 7.85. The van der Waals surface area contributed by atoms with Crippen LogP contribution in [0.1, 0.15) is 32.4 Å². The fourth-order valence-electron chi connectivity index (χ4n) is 4.92. The summed E-state index contributed by atoms with van der Waals surface area (Å²) in [6, 6.07) is 16.7. The number of nitrogens with zero attached hydrogens (tertiary/aromatic N) is 2. The molecule has 0 saturated carbocycles. The number of hydrogen-bond acceptors (Lipinski definition) is 4. The SMILES string of the molecule is C#C/C(=C\C=C(/C)c1ccc(-c2ccc(NC(=O)[C@@H]3CCCN3C(=O)CNC(C)=O)cc2)n1-c1ccc(F)cc1)NC=O. The highest BCUT2D eigenvalue weighted by Gasteiger charge is 2.34. The van der Waals surface area contributed by atoms with E-state index in [1.807, 2.05) is 35.8 Å². The second kappa shape index (κ2) is 14.0. The third-order valence-corrected chi connectivity index (χ3v) is 7.05. The lowest BCUT2D eigenvalue weighted by Crippen LogP contribution is -2.46. The number of amides is 4. The predicted octanol–water partition coefficient (Wildman–Crippen LogP) is 4.02. The summed E-state index contributed by atoms with van der Waals surface area (Å²) in [7, 11) is 0. The number of carbonyl (C=O) groups is 4. The van der Waals surface area contributed by atoms with Crippen LogP contribution in [-0.2, 0) is 19.2 Å². The summed E-state index contributed by atoms with van der Waals surface area (Å²) < 4.78 is 15.8. The van der Waals surface area contributed by atoms with Crippen molar-refractivity contribution in [2.24, 2.45) is 0 Å². The Labute approximate surface area is 249 Å². The summed E-state index contributed by atoms with van der Waals surface area (Å²) in [5.74, 6) is 1.16. The highest BCUT2D eigenvalue weighted by molar-refractivity contribution is 5.98. The van der Waals surface area contributed by atoms with E-state index >= 15 is 0 Å². The first-order chi connectivity index (χ1) is 20.7. The lowest BCUT2D eigenvalue weighted by atomic mass is 10.1. The molecular weight excluding hydrogens is 549 g/mol. The normalized spacial score (nSPS) is 15.0. The van der Waals surface area contributed by atoms with Crippen LogP contribution in [0.5, 0.6) is 0 Å². The Bertz CT molecular complexity index is 1610. The van der Waals surface area contributed by atoms with Crippen molar-refractivity contribution in [2.75, 3.05) is 18.4 Å². The molecule has 1 aliphatic heterocycles. The molecule has 0 unspecified atom stereocenters. The molecular formula is C33H32FN5O4. The number of halogens is 1. The van der Waals surface area contributed by atoms with E-state index < -0.39 is 6.04 Å². The van der Waals surface area contributed by atoms with Crippen LogP contribution in [0.25, 0.3) is 22.5 Å². The molecule has 10 heteroatoms. The Morgan fingerprint density at radius 3 is 2.40 bits per heavy atom. The van der Waals surface area contributed by atoms with Crippen LogP contribution in [0.2, 0.25) is 0 Å². The van der Waals surface area contributed by atoms with E-state index in [0.717, 1.165) is 28.2 Å². The quantitative estimate of drug-likeness (QED) is 0.191. The van der Waals surface area contributed by atoms with Crippen LogP contribution in [0.15, 0.2) is 78.5 Å². The molecule has 1 aromatic heterocycles. The molecule has 9 nitrogen and oxygen atoms in total. The van der Waals surface area contributed by atoms with Gasteiger partial charge in [-0.15, -0.1) is 6.42 Å². The minimum absolute atomic E-state index is 0.144. The molecule has 1 saturated heterocycles. The average molecular weight is 582 g/mol. The third kappa shape index (κ3) is 7.45. The van der Waals surface area contributed by atoms with Crippen molar-refractivity contribution < 1.29 is 23.6 Å². The first-order valence-corrected chi connectivity index (χ1v) is 13.7. The van der Waals surface area contributed by atoms with Gasteiger partial charge < -0.3 is 25.4 Å². The maximum Gasteiger partial charge on any atom is 0.247 e. The number of allylic oxidation sites excluding steroid dienone is 4. The van der Waals surface area contributed by atoms with Crippen molar-refractivity contribution in [2.45, 2.75) is 32.7 Å². The zero-order chi connectivity index (χ0) is 30.9. The summed E-state index contributed by atoms with van der Waals surface area (Å²) in [6.07, 6.45) is 10.6. The number of nitrogens with one attached hydrogen (secondary N) is 3. The first kappa shape index (κ1) is 30.5. The molecule has 0 bridgehead atoms. The summed E-state index contributed by atoms with van der Waals surface area (Å²) in [4.78, 5) is 49.1. The first-order valence-electron chi connectivity index (χ1n) is 13.7. The molecule has 0 spiro atoms. The maximum absolute atomic E-state index is 13.8. The van der Waals surface area contributed by atoms with Gasteiger partial charge in [0.25, 0.3) is 0 Å². The van der Waals surface area contributed by atoms with Crippen molar-refractivity contribution in [3.05, 3.63) is 90.0 Å². The van der Waals surface area contributed by atoms with Crippen LogP contribution >= 0.6 is 0 Å². The van der Waals surface area contributed by atoms with Gasteiger partial charge in [0.2, 0.25) is 24.1 Å². The second-order valence-corrected chi connectivity index (χ2v) is 9.97. The minimum Gasteiger partial charge on any atom is -0.347 e. The lowest BCUT2D eigenvalue weighted by Gasteiger charge is -2.24. The van der Waals surface area contributed by atoms with Gasteiger partial charge in [0.1, 0.15) is 11.9 Å². The Morgan fingerprint density at radius 1 is 1.02 bits per heavy atom. The number of likely N-dealkylation sites (tertiary alicyclic amines) is 1. The maximum atomic E-state index is 13.8. The number of terminal acetylenes is 1. The number of rotatable bonds is 10. The molecule has 1 atom stereocenters. The van der Waals surface area contributed by atoms with Gasteiger partial charge in [-0.1, -0.05) is 24.1 Å². The highest BCUT2D eigenvalue weighted by Crippen LogP contribution is 2.31. The molecule has 4 amide bonds. The van der Waals surface area contributed by atoms with Gasteiger partial charge in [-0.3, -0.25) is 19.2 Å². The molecule has 2 heterocycles. The monoisotopic (exact) mass is 581 g/mol. The smallest absolute Gasteiger partial charge is 0.247 e. The summed E-state index contributed by atoms with van der Waals surface area (Å²) >= 11 is 0. The Balaban J connectivity index is 1.59. The van der Waals surface area contributed by atoms with Crippen LogP contribution in [0, 0.1) is 18.2 Å². The van der Waals surface area contributed by atoms with Crippen molar-refractivity contribution >= 4 is 35.4 Å². The highest BCUT2D eigenvalue weighted by atomic mass is 19.1. The Morgan fingerprint density at radius 2 is 1.74 bits per heavy atom. The summed E-state index contributed by atoms with van der Waals surface area (Å²) in [5.41, 5.74) is 4.95. The van der Waals surface area contributed by atoms with Gasteiger partial charge in [-0.25, -0.2) is 4.39 Å². The van der Waals surface area contributed by atoms with E-state index in [2.05, 4.69) is 21.9 Å². The summed E-state index contributed by atoms with van der Waals surface area (Å²) in [6.45, 7) is 3.55. The van der Waals surface area contributed by atoms with Gasteiger partial charge in [0.05, 0.1) is 17.9 Å². The van der Waals surface area contributed by atoms with Crippen molar-refractivity contribution in [1.29, 1.82) is 0 Å². The van der Waals surface area contributed by atoms with Crippen LogP contribution in [-0.4, -0.2) is 52.7 Å². The molecule has 43 heavy (non-hydrogen) atoms. The number of benzene rings is 2. The average Bonchev–Trinajstić information content (AvgIpc) is 3.67. The number of carbonyl (C=O) groups excluding carboxylic acids is 4. The van der Waals surface area contributed by atoms with E-state index in [0.29, 0.717) is 37.2 Å². The van der Waals surface area contributed by atoms with Crippen molar-refractivity contribution in [3.63, 3.8) is 0 Å². The van der Waals surface area contributed by atoms with Gasteiger partial charge in [0, 0.05) is 30.5 Å². The zero-order valence-electron chi connectivity index (χ0n) is 23.9. The third-order valence-electron chi connectivity index (χ3n) is 7.05. The number of hydrogen-bond donors (Lipinski definition) is 3. The standard InChI is InChI=1S/C33H32FN5O4/c1-4-26(36-21-40)12-7-22(2)29-17-18-30(39(29)28-15-10-25(34)11-16-28)24-8-13-27(14-9-24)37-33(43)31-6-5-19-38(31)32(42)20-35-23(3)41/h1,7-18,21,31H,5-6,19-20H2,2-3H3,(H,35,41)(H,36,40)(H,37,43)/b22-7+,26-12+/t31-/m0/s1. The van der Waals surface area contributed by atoms with Crippen LogP contribution in [0.4, 0.5) is 10.1 Å². The van der Waals surface area contributed by atoms with E-state index in [4.69, 9.17) is 6.42 Å². The van der Waals surface area contributed by atoms with Crippen molar-refractivity contribution in [3.8, 4) is 29.3 Å². The second-order valence-electron chi connectivity index (χ2n) is 9.97. The van der Waals surface area contributed by atoms with Crippen LogP contribution in [0.3, 0.4) is 0 Å². The molecule has 1 fully saturated rings. The molecule has 220 valence electrons. The Kier molecular flexibility index (Phi) is 9.91. The largest absolute Gasteiger partial charge is 0.347 e. The lowest BCUT2D eigenvalue weighted by molar-refractivity contribution is -0.136. The Hall–Kier alpha value is -5.43. The van der Waals surface area contributed by atoms with E-state index in [-0.39, 0.29) is 30.1 Å². The molecule has 4 rings (SSSR count). The molecule has 1 aliphatic rings. The molecule has 3 aromatic rings. The van der Waals surface area contributed by atoms with Crippen LogP contribution < -0.4 is 16.0 Å². The number of aromatic nitrogens is 1. The molecule has 3 N–H and O–H groups in total. The van der Waals surface area contributed by atoms with Gasteiger partial charge in [-0.05, 0) is 85.5 Å². The fraction of sp³-hybridized carbons (Fsp3) is 0.212. The molecule has 0 radical (unpaired) electrons. The zero-order valence-corrected chi connectivity index (χ0v) is 23.9. The molecule has 0 aliphatic carbocycles. The van der Waals surface area contributed by atoms with Crippen molar-refractivity contribution in [1.82, 2.24) is 20.1 Å². The number of anilines is 1. The van der Waals surface area contributed by atoms with Gasteiger partial charge in [0.15, 0.2) is 0 Å². The predicted molar refractivity (Wildman–Crippen MR) is 163 cm³/mol. The van der Waals surface area contributed by atoms with E-state index in [1.165, 1.54) is 24.0 Å².